The largest absolute Gasteiger partial charge is 0.394 e. The molecular weight excluding hydrogens is 170 g/mol. The van der Waals surface area contributed by atoms with Crippen LogP contribution in [-0.2, 0) is 0 Å². The molecule has 2 aromatic heterocycles. The van der Waals surface area contributed by atoms with Gasteiger partial charge in [-0.15, -0.1) is 0 Å². The SMILES string of the molecule is Cc1noc(C)c1-c1oncc1N. The molecule has 2 rings (SSSR count). The van der Waals surface area contributed by atoms with E-state index in [4.69, 9.17) is 14.8 Å². The fourth-order valence-corrected chi connectivity index (χ4v) is 1.24. The van der Waals surface area contributed by atoms with E-state index in [-0.39, 0.29) is 0 Å². The second-order valence-corrected chi connectivity index (χ2v) is 2.81. The molecule has 2 heterocycles. The molecule has 0 fully saturated rings. The molecule has 0 aliphatic rings. The van der Waals surface area contributed by atoms with Crippen molar-refractivity contribution < 1.29 is 9.05 Å². The summed E-state index contributed by atoms with van der Waals surface area (Å²) in [5.74, 6) is 1.21. The van der Waals surface area contributed by atoms with Gasteiger partial charge in [0.05, 0.1) is 17.5 Å². The zero-order valence-corrected chi connectivity index (χ0v) is 7.37. The van der Waals surface area contributed by atoms with Crippen LogP contribution in [0.15, 0.2) is 15.2 Å². The van der Waals surface area contributed by atoms with Crippen LogP contribution < -0.4 is 5.73 Å². The average molecular weight is 179 g/mol. The van der Waals surface area contributed by atoms with E-state index in [9.17, 15) is 0 Å². The summed E-state index contributed by atoms with van der Waals surface area (Å²) in [4.78, 5) is 0. The number of nitrogen functional groups attached to an aromatic ring is 1. The summed E-state index contributed by atoms with van der Waals surface area (Å²) in [5, 5.41) is 7.39. The molecule has 2 N–H and O–H groups in total. The summed E-state index contributed by atoms with van der Waals surface area (Å²) in [6.07, 6.45) is 1.46. The Morgan fingerprint density at radius 3 is 2.54 bits per heavy atom. The van der Waals surface area contributed by atoms with Crippen LogP contribution in [-0.4, -0.2) is 10.3 Å². The number of anilines is 1. The van der Waals surface area contributed by atoms with E-state index in [2.05, 4.69) is 10.3 Å². The first-order valence-electron chi connectivity index (χ1n) is 3.83. The second-order valence-electron chi connectivity index (χ2n) is 2.81. The molecule has 0 spiro atoms. The molecule has 2 aromatic rings. The van der Waals surface area contributed by atoms with Crippen molar-refractivity contribution in [2.45, 2.75) is 13.8 Å². The van der Waals surface area contributed by atoms with E-state index in [1.807, 2.05) is 6.92 Å². The van der Waals surface area contributed by atoms with E-state index >= 15 is 0 Å². The molecule has 5 nitrogen and oxygen atoms in total. The molecule has 13 heavy (non-hydrogen) atoms. The molecule has 0 atom stereocenters. The van der Waals surface area contributed by atoms with E-state index in [0.717, 1.165) is 11.3 Å². The third-order valence-electron chi connectivity index (χ3n) is 1.86. The van der Waals surface area contributed by atoms with Crippen LogP contribution in [0.1, 0.15) is 11.5 Å². The van der Waals surface area contributed by atoms with Crippen LogP contribution in [0, 0.1) is 13.8 Å². The van der Waals surface area contributed by atoms with Gasteiger partial charge in [0.15, 0.2) is 5.76 Å². The predicted octanol–water partition coefficient (Wildman–Crippen LogP) is 1.53. The van der Waals surface area contributed by atoms with E-state index in [1.54, 1.807) is 6.92 Å². The first-order valence-corrected chi connectivity index (χ1v) is 3.83. The van der Waals surface area contributed by atoms with Gasteiger partial charge in [-0.25, -0.2) is 0 Å². The smallest absolute Gasteiger partial charge is 0.195 e. The minimum atomic E-state index is 0.495. The summed E-state index contributed by atoms with van der Waals surface area (Å²) >= 11 is 0. The summed E-state index contributed by atoms with van der Waals surface area (Å²) in [7, 11) is 0. The van der Waals surface area contributed by atoms with Gasteiger partial charge >= 0.3 is 0 Å². The number of hydrogen-bond donors (Lipinski definition) is 1. The van der Waals surface area contributed by atoms with Gasteiger partial charge in [-0.3, -0.25) is 0 Å². The molecular formula is C8H9N3O2. The first-order chi connectivity index (χ1) is 6.20. The van der Waals surface area contributed by atoms with Crippen molar-refractivity contribution in [1.82, 2.24) is 10.3 Å². The van der Waals surface area contributed by atoms with Crippen molar-refractivity contribution in [1.29, 1.82) is 0 Å². The molecule has 0 saturated heterocycles. The monoisotopic (exact) mass is 179 g/mol. The van der Waals surface area contributed by atoms with Gasteiger partial charge in [0.1, 0.15) is 11.4 Å². The van der Waals surface area contributed by atoms with Gasteiger partial charge in [0.25, 0.3) is 0 Å². The number of rotatable bonds is 1. The lowest BCUT2D eigenvalue weighted by Gasteiger charge is -1.93. The van der Waals surface area contributed by atoms with Crippen molar-refractivity contribution in [3.05, 3.63) is 17.7 Å². The van der Waals surface area contributed by atoms with Crippen molar-refractivity contribution in [3.8, 4) is 11.3 Å². The van der Waals surface area contributed by atoms with Crippen LogP contribution >= 0.6 is 0 Å². The van der Waals surface area contributed by atoms with Crippen LogP contribution in [0.3, 0.4) is 0 Å². The van der Waals surface area contributed by atoms with E-state index in [1.165, 1.54) is 6.20 Å². The highest BCUT2D eigenvalue weighted by Gasteiger charge is 2.17. The van der Waals surface area contributed by atoms with Gasteiger partial charge in [0.2, 0.25) is 0 Å². The highest BCUT2D eigenvalue weighted by atomic mass is 16.5. The molecule has 0 aromatic carbocycles. The Balaban J connectivity index is 2.64. The van der Waals surface area contributed by atoms with Gasteiger partial charge in [0, 0.05) is 0 Å². The predicted molar refractivity (Wildman–Crippen MR) is 45.9 cm³/mol. The number of nitrogens with zero attached hydrogens (tertiary/aromatic N) is 2. The lowest BCUT2D eigenvalue weighted by atomic mass is 10.1. The van der Waals surface area contributed by atoms with Crippen molar-refractivity contribution in [3.63, 3.8) is 0 Å². The summed E-state index contributed by atoms with van der Waals surface area (Å²) in [6.45, 7) is 3.63. The Labute approximate surface area is 74.5 Å². The van der Waals surface area contributed by atoms with Gasteiger partial charge < -0.3 is 14.8 Å². The lowest BCUT2D eigenvalue weighted by Crippen LogP contribution is -1.86. The Morgan fingerprint density at radius 2 is 2.08 bits per heavy atom. The molecule has 0 bridgehead atoms. The minimum absolute atomic E-state index is 0.495. The molecule has 0 unspecified atom stereocenters. The Hall–Kier alpha value is -1.78. The first kappa shape index (κ1) is 7.85. The van der Waals surface area contributed by atoms with Crippen LogP contribution in [0.25, 0.3) is 11.3 Å². The molecule has 0 aliphatic carbocycles. The standard InChI is InChI=1S/C8H9N3O2/c1-4-7(5(2)12-11-4)8-6(9)3-10-13-8/h3H,9H2,1-2H3. The number of hydrogen-bond acceptors (Lipinski definition) is 5. The fraction of sp³-hybridized carbons (Fsp3) is 0.250. The molecule has 0 aliphatic heterocycles. The third-order valence-corrected chi connectivity index (χ3v) is 1.86. The van der Waals surface area contributed by atoms with Crippen molar-refractivity contribution in [2.24, 2.45) is 0 Å². The Bertz CT molecular complexity index is 411. The van der Waals surface area contributed by atoms with Crippen LogP contribution in [0.2, 0.25) is 0 Å². The average Bonchev–Trinajstić information content (AvgIpc) is 2.60. The quantitative estimate of drug-likeness (QED) is 0.718. The second kappa shape index (κ2) is 2.62. The number of aromatic nitrogens is 2. The molecule has 68 valence electrons. The maximum absolute atomic E-state index is 5.64. The molecule has 5 heteroatoms. The van der Waals surface area contributed by atoms with Crippen LogP contribution in [0.4, 0.5) is 5.69 Å². The molecule has 0 saturated carbocycles. The summed E-state index contributed by atoms with van der Waals surface area (Å²) < 4.78 is 9.98. The lowest BCUT2D eigenvalue weighted by molar-refractivity contribution is 0.392. The normalized spacial score (nSPS) is 10.6. The van der Waals surface area contributed by atoms with Crippen LogP contribution in [0.5, 0.6) is 0 Å². The minimum Gasteiger partial charge on any atom is -0.394 e. The van der Waals surface area contributed by atoms with Gasteiger partial charge in [-0.2, -0.15) is 0 Å². The number of aryl methyl sites for hydroxylation is 2. The fourth-order valence-electron chi connectivity index (χ4n) is 1.24. The molecule has 0 radical (unpaired) electrons. The third kappa shape index (κ3) is 1.09. The van der Waals surface area contributed by atoms with Crippen molar-refractivity contribution >= 4 is 5.69 Å². The van der Waals surface area contributed by atoms with E-state index in [0.29, 0.717) is 17.2 Å². The zero-order valence-electron chi connectivity index (χ0n) is 7.37. The maximum atomic E-state index is 5.64. The summed E-state index contributed by atoms with van der Waals surface area (Å²) in [5.41, 5.74) is 7.68. The maximum Gasteiger partial charge on any atom is 0.195 e. The Kier molecular flexibility index (Phi) is 1.58. The van der Waals surface area contributed by atoms with Gasteiger partial charge in [-0.05, 0) is 13.8 Å². The highest BCUT2D eigenvalue weighted by Crippen LogP contribution is 2.30. The zero-order chi connectivity index (χ0) is 9.42. The van der Waals surface area contributed by atoms with Crippen molar-refractivity contribution in [2.75, 3.05) is 5.73 Å². The number of nitrogens with two attached hydrogens (primary N) is 1. The summed E-state index contributed by atoms with van der Waals surface area (Å²) in [6, 6.07) is 0. The molecule has 0 amide bonds. The van der Waals surface area contributed by atoms with E-state index < -0.39 is 0 Å². The topological polar surface area (TPSA) is 78.1 Å². The van der Waals surface area contributed by atoms with Gasteiger partial charge in [-0.1, -0.05) is 10.3 Å². The Morgan fingerprint density at radius 1 is 1.31 bits per heavy atom. The highest BCUT2D eigenvalue weighted by molar-refractivity contribution is 5.72.